The summed E-state index contributed by atoms with van der Waals surface area (Å²) in [7, 11) is 0. The molecule has 0 bridgehead atoms. The third kappa shape index (κ3) is 4.47. The molecule has 0 radical (unpaired) electrons. The Balaban J connectivity index is 1.56. The molecule has 1 aromatic carbocycles. The molecular formula is C20H26N2O2. The number of hydrogen-bond acceptors (Lipinski definition) is 2. The summed E-state index contributed by atoms with van der Waals surface area (Å²) >= 11 is 0. The molecule has 24 heavy (non-hydrogen) atoms. The molecule has 0 aromatic heterocycles. The highest BCUT2D eigenvalue weighted by molar-refractivity contribution is 5.81. The van der Waals surface area contributed by atoms with Crippen molar-refractivity contribution in [3.05, 3.63) is 47.5 Å². The van der Waals surface area contributed by atoms with Crippen LogP contribution >= 0.6 is 0 Å². The normalized spacial score (nSPS) is 19.0. The van der Waals surface area contributed by atoms with Gasteiger partial charge in [0.2, 0.25) is 11.8 Å². The summed E-state index contributed by atoms with van der Waals surface area (Å²) < 4.78 is 0. The van der Waals surface area contributed by atoms with Crippen LogP contribution in [0.3, 0.4) is 0 Å². The third-order valence-corrected chi connectivity index (χ3v) is 4.92. The van der Waals surface area contributed by atoms with Crippen molar-refractivity contribution in [3.63, 3.8) is 0 Å². The van der Waals surface area contributed by atoms with Crippen molar-refractivity contribution in [2.45, 2.75) is 45.1 Å². The van der Waals surface area contributed by atoms with Crippen molar-refractivity contribution in [1.29, 1.82) is 0 Å². The third-order valence-electron chi connectivity index (χ3n) is 4.92. The van der Waals surface area contributed by atoms with Crippen LogP contribution in [-0.2, 0) is 16.1 Å². The van der Waals surface area contributed by atoms with Crippen molar-refractivity contribution >= 4 is 11.8 Å². The van der Waals surface area contributed by atoms with Gasteiger partial charge in [0, 0.05) is 39.0 Å². The van der Waals surface area contributed by atoms with Crippen molar-refractivity contribution in [2.24, 2.45) is 0 Å². The van der Waals surface area contributed by atoms with Gasteiger partial charge in [-0.2, -0.15) is 0 Å². The maximum absolute atomic E-state index is 12.5. The van der Waals surface area contributed by atoms with Gasteiger partial charge in [-0.1, -0.05) is 42.0 Å². The molecule has 0 atom stereocenters. The van der Waals surface area contributed by atoms with E-state index < -0.39 is 0 Å². The van der Waals surface area contributed by atoms with E-state index in [1.54, 1.807) is 0 Å². The summed E-state index contributed by atoms with van der Waals surface area (Å²) in [6, 6.07) is 10.0. The summed E-state index contributed by atoms with van der Waals surface area (Å²) in [5, 5.41) is 0. The summed E-state index contributed by atoms with van der Waals surface area (Å²) in [6.45, 7) is 2.45. The van der Waals surface area contributed by atoms with Crippen LogP contribution in [0.15, 0.2) is 42.0 Å². The van der Waals surface area contributed by atoms with Crippen LogP contribution in [0.2, 0.25) is 0 Å². The van der Waals surface area contributed by atoms with Crippen LogP contribution in [-0.4, -0.2) is 41.2 Å². The first-order valence-corrected chi connectivity index (χ1v) is 9.00. The number of carbonyl (C=O) groups is 2. The lowest BCUT2D eigenvalue weighted by atomic mass is 9.97. The topological polar surface area (TPSA) is 40.6 Å². The average molecular weight is 326 g/mol. The Hall–Kier alpha value is -2.10. The molecule has 3 rings (SSSR count). The fourth-order valence-corrected chi connectivity index (χ4v) is 3.46. The number of amides is 2. The quantitative estimate of drug-likeness (QED) is 0.798. The molecule has 0 spiro atoms. The van der Waals surface area contributed by atoms with E-state index in [-0.39, 0.29) is 11.8 Å². The number of hydrogen-bond donors (Lipinski definition) is 0. The van der Waals surface area contributed by atoms with E-state index in [0.717, 1.165) is 18.4 Å². The predicted molar refractivity (Wildman–Crippen MR) is 94.2 cm³/mol. The number of nitrogens with zero attached hydrogens (tertiary/aromatic N) is 2. The zero-order valence-electron chi connectivity index (χ0n) is 14.2. The fraction of sp³-hybridized carbons (Fsp3) is 0.500. The van der Waals surface area contributed by atoms with E-state index in [9.17, 15) is 9.59 Å². The monoisotopic (exact) mass is 326 g/mol. The van der Waals surface area contributed by atoms with Gasteiger partial charge in [0.05, 0.1) is 0 Å². The molecule has 1 aromatic rings. The Kier molecular flexibility index (Phi) is 5.68. The minimum atomic E-state index is 0.144. The molecule has 4 nitrogen and oxygen atoms in total. The second-order valence-corrected chi connectivity index (χ2v) is 6.72. The van der Waals surface area contributed by atoms with E-state index >= 15 is 0 Å². The second kappa shape index (κ2) is 8.13. The number of allylic oxidation sites excluding steroid dienone is 1. The molecule has 4 heteroatoms. The molecule has 1 aliphatic heterocycles. The number of rotatable bonds is 4. The molecule has 1 aliphatic carbocycles. The summed E-state index contributed by atoms with van der Waals surface area (Å²) in [5.74, 6) is 0.323. The van der Waals surface area contributed by atoms with Crippen LogP contribution in [0.5, 0.6) is 0 Å². The molecule has 0 N–H and O–H groups in total. The minimum Gasteiger partial charge on any atom is -0.340 e. The van der Waals surface area contributed by atoms with Gasteiger partial charge in [0.15, 0.2) is 0 Å². The van der Waals surface area contributed by atoms with Gasteiger partial charge in [0.25, 0.3) is 0 Å². The molecule has 2 aliphatic rings. The van der Waals surface area contributed by atoms with Gasteiger partial charge >= 0.3 is 0 Å². The Morgan fingerprint density at radius 3 is 2.58 bits per heavy atom. The van der Waals surface area contributed by atoms with Gasteiger partial charge in [-0.05, 0) is 31.2 Å². The fourth-order valence-electron chi connectivity index (χ4n) is 3.46. The van der Waals surface area contributed by atoms with Gasteiger partial charge in [-0.15, -0.1) is 0 Å². The molecule has 128 valence electrons. The van der Waals surface area contributed by atoms with Crippen molar-refractivity contribution in [2.75, 3.05) is 19.6 Å². The van der Waals surface area contributed by atoms with Gasteiger partial charge in [-0.25, -0.2) is 0 Å². The van der Waals surface area contributed by atoms with E-state index in [1.807, 2.05) is 40.1 Å². The van der Waals surface area contributed by atoms with Crippen LogP contribution in [0.4, 0.5) is 0 Å². The zero-order chi connectivity index (χ0) is 16.8. The smallest absolute Gasteiger partial charge is 0.226 e. The largest absolute Gasteiger partial charge is 0.340 e. The molecule has 1 saturated heterocycles. The second-order valence-electron chi connectivity index (χ2n) is 6.72. The highest BCUT2D eigenvalue weighted by Gasteiger charge is 2.24. The van der Waals surface area contributed by atoms with Crippen molar-refractivity contribution in [1.82, 2.24) is 9.80 Å². The maximum Gasteiger partial charge on any atom is 0.226 e. The zero-order valence-corrected chi connectivity index (χ0v) is 14.2. The van der Waals surface area contributed by atoms with E-state index in [0.29, 0.717) is 39.0 Å². The number of carbonyl (C=O) groups excluding carboxylic acids is 2. The summed E-state index contributed by atoms with van der Waals surface area (Å²) in [6.07, 6.45) is 7.79. The lowest BCUT2D eigenvalue weighted by molar-refractivity contribution is -0.130. The average Bonchev–Trinajstić information content (AvgIpc) is 2.79. The van der Waals surface area contributed by atoms with Crippen LogP contribution in [0.25, 0.3) is 0 Å². The lowest BCUT2D eigenvalue weighted by Gasteiger charge is -2.23. The number of benzene rings is 1. The SMILES string of the molecule is O=C(CC1=CCCCC1)N1CCC(=O)N(Cc2ccccc2)CC1. The van der Waals surface area contributed by atoms with Gasteiger partial charge in [0.1, 0.15) is 0 Å². The van der Waals surface area contributed by atoms with E-state index in [1.165, 1.54) is 18.4 Å². The van der Waals surface area contributed by atoms with Crippen LogP contribution < -0.4 is 0 Å². The Morgan fingerprint density at radius 1 is 1.00 bits per heavy atom. The molecular weight excluding hydrogens is 300 g/mol. The highest BCUT2D eigenvalue weighted by Crippen LogP contribution is 2.21. The first-order chi connectivity index (χ1) is 11.7. The van der Waals surface area contributed by atoms with Crippen LogP contribution in [0.1, 0.15) is 44.1 Å². The van der Waals surface area contributed by atoms with Crippen molar-refractivity contribution < 1.29 is 9.59 Å². The summed E-state index contributed by atoms with van der Waals surface area (Å²) in [5.41, 5.74) is 2.42. The molecule has 2 amide bonds. The first kappa shape index (κ1) is 16.7. The molecule has 1 fully saturated rings. The van der Waals surface area contributed by atoms with E-state index in [4.69, 9.17) is 0 Å². The van der Waals surface area contributed by atoms with Gasteiger partial charge < -0.3 is 9.80 Å². The molecule has 0 unspecified atom stereocenters. The maximum atomic E-state index is 12.5. The predicted octanol–water partition coefficient (Wildman–Crippen LogP) is 3.14. The first-order valence-electron chi connectivity index (χ1n) is 9.00. The standard InChI is InChI=1S/C20H26N2O2/c23-19-11-12-21(20(24)15-17-7-3-1-4-8-17)13-14-22(19)16-18-9-5-2-6-10-18/h2,5-7,9-10H,1,3-4,8,11-16H2. The van der Waals surface area contributed by atoms with Crippen molar-refractivity contribution in [3.8, 4) is 0 Å². The summed E-state index contributed by atoms with van der Waals surface area (Å²) in [4.78, 5) is 28.7. The molecule has 1 heterocycles. The molecule has 0 saturated carbocycles. The minimum absolute atomic E-state index is 0.144. The lowest BCUT2D eigenvalue weighted by Crippen LogP contribution is -2.35. The Labute approximate surface area is 144 Å². The Morgan fingerprint density at radius 2 is 1.83 bits per heavy atom. The van der Waals surface area contributed by atoms with Gasteiger partial charge in [-0.3, -0.25) is 9.59 Å². The highest BCUT2D eigenvalue weighted by atomic mass is 16.2. The van der Waals surface area contributed by atoms with Crippen LogP contribution in [0, 0.1) is 0 Å². The van der Waals surface area contributed by atoms with E-state index in [2.05, 4.69) is 6.08 Å². The Bertz CT molecular complexity index is 609.